The highest BCUT2D eigenvalue weighted by molar-refractivity contribution is 6.37. The van der Waals surface area contributed by atoms with Crippen LogP contribution in [0.25, 0.3) is 83.9 Å². The van der Waals surface area contributed by atoms with Gasteiger partial charge in [0, 0.05) is 123 Å². The zero-order valence-corrected chi connectivity index (χ0v) is 79.1. The highest BCUT2D eigenvalue weighted by Crippen LogP contribution is 2.37. The molecular formula is C117H75N33. The first-order valence-corrected chi connectivity index (χ1v) is 48.3. The first-order valence-electron chi connectivity index (χ1n) is 48.3. The van der Waals surface area contributed by atoms with Crippen molar-refractivity contribution in [3.8, 4) is 51.2 Å². The van der Waals surface area contributed by atoms with Crippen LogP contribution in [-0.2, 0) is 0 Å². The number of nitrogens with zero attached hydrogens (tertiary/aromatic N) is 33. The minimum Gasteiger partial charge on any atom is -0.314 e. The molecule has 33 heteroatoms. The fraction of sp³-hybridized carbons (Fsp3) is 0. The summed E-state index contributed by atoms with van der Waals surface area (Å²) in [5.74, 6) is 8.69. The number of benzene rings is 12. The Morgan fingerprint density at radius 2 is 0.327 bits per heavy atom. The van der Waals surface area contributed by atoms with Crippen LogP contribution in [0.4, 0.5) is 0 Å². The zero-order valence-electron chi connectivity index (χ0n) is 79.1. The molecule has 0 amide bonds. The van der Waals surface area contributed by atoms with Crippen molar-refractivity contribution in [2.45, 2.75) is 0 Å². The lowest BCUT2D eigenvalue weighted by Crippen LogP contribution is -2.48. The molecule has 150 heavy (non-hydrogen) atoms. The van der Waals surface area contributed by atoms with Crippen molar-refractivity contribution >= 4 is 139 Å². The van der Waals surface area contributed by atoms with Gasteiger partial charge in [-0.3, -0.25) is 13.7 Å². The molecule has 0 radical (unpaired) electrons. The van der Waals surface area contributed by atoms with Gasteiger partial charge < -0.3 is 27.4 Å². The average Bonchev–Trinajstić information content (AvgIpc) is 1.51. The SMILES string of the molecule is c1ccc(-n2c(C3=NC4=NC(c5cc6ccccc6n5-c5ccccc5)=NC5=NC(c6cc7ccccc7n6-c6ccccc6)=NC(=N3)N45)cc3ccccc32)cc1.c1ccc(-n2cccc2C2=NC3=NC(c4cccn4-c4ccccc4)=NC4=NC(c5cccn5-c5ccccc5)=NC(=N2)N34)cc1.c1ccc(-n2ccnc2C2=NC3=NC(c4nccn4-c4ccccc4)=NC4=NC(c5nccn5-c5ccccc5)=NC(=N2)N34)cc1. The molecule has 21 aromatic rings. The first kappa shape index (κ1) is 86.1. The van der Waals surface area contributed by atoms with E-state index in [1.165, 1.54) is 0 Å². The molecule has 0 spiro atoms. The van der Waals surface area contributed by atoms with E-state index in [1.807, 2.05) is 360 Å². The minimum atomic E-state index is 0.295. The third kappa shape index (κ3) is 15.3. The fourth-order valence-electron chi connectivity index (χ4n) is 19.3. The quantitative estimate of drug-likeness (QED) is 0.0803. The second kappa shape index (κ2) is 36.3. The summed E-state index contributed by atoms with van der Waals surface area (Å²) in [6.07, 6.45) is 16.7. The number of imidazole rings is 3. The molecule has 9 aliphatic heterocycles. The fourth-order valence-corrected chi connectivity index (χ4v) is 19.3. The predicted molar refractivity (Wildman–Crippen MR) is 589 cm³/mol. The van der Waals surface area contributed by atoms with Crippen LogP contribution in [0.3, 0.4) is 0 Å². The van der Waals surface area contributed by atoms with Crippen molar-refractivity contribution < 1.29 is 0 Å². The number of rotatable bonds is 18. The Morgan fingerprint density at radius 1 is 0.140 bits per heavy atom. The monoisotopic (exact) mass is 1940 g/mol. The van der Waals surface area contributed by atoms with Crippen LogP contribution in [-0.4, -0.2) is 177 Å². The number of para-hydroxylation sites is 12. The summed E-state index contributed by atoms with van der Waals surface area (Å²) in [5.41, 5.74) is 16.7. The van der Waals surface area contributed by atoms with Crippen molar-refractivity contribution in [1.29, 1.82) is 0 Å². The lowest BCUT2D eigenvalue weighted by atomic mass is 10.2. The number of hydrogen-bond acceptors (Lipinski definition) is 24. The standard InChI is InChI=1S/C48H30N10.C36H24N10.C33H21N13/c1-4-19-34(20-5-1)55-37-25-13-10-16-31(37)28-40(55)43-49-46-51-44(41-29-32-17-11-14-26-38(32)56(41)35-21-6-2-7-22-35)53-48-54-45(52-47(50-43)58(46)48)42-30-33-18-12-15-27-39(33)57(42)36-23-8-3-9-24-36;1-4-13-25(14-5-1)43-22-10-19-28(43)31-37-34-39-32(29-20-11-23-44(29)26-15-6-2-7-16-26)41-36-42-33(40-35(38-31)46(34)36)30-21-12-24-45(30)27-17-8-3-9-18-27;1-4-10-22(11-5-1)43-19-16-34-28(43)25-37-31-39-26(29-35-17-20-44(29)23-12-6-2-7-13-23)41-33-42-27(40-32(38-25)46(31)33)30-36-18-21-45(30)24-14-8-3-9-15-24/h1-30H;1-24H;1-21H. The van der Waals surface area contributed by atoms with Crippen LogP contribution in [0.2, 0.25) is 0 Å². The lowest BCUT2D eigenvalue weighted by Gasteiger charge is -2.30. The molecule has 30 rings (SSSR count). The molecule has 9 aromatic heterocycles. The van der Waals surface area contributed by atoms with Gasteiger partial charge in [0.05, 0.1) is 50.7 Å². The van der Waals surface area contributed by atoms with Crippen LogP contribution in [0.15, 0.2) is 546 Å². The summed E-state index contributed by atoms with van der Waals surface area (Å²) in [6, 6.07) is 134. The van der Waals surface area contributed by atoms with E-state index in [9.17, 15) is 0 Å². The van der Waals surface area contributed by atoms with Gasteiger partial charge in [0.25, 0.3) is 0 Å². The molecule has 33 nitrogen and oxygen atoms in total. The number of guanidine groups is 9. The Hall–Kier alpha value is -21.8. The minimum absolute atomic E-state index is 0.295. The maximum absolute atomic E-state index is 5.21. The molecule has 9 aliphatic rings. The molecule has 18 heterocycles. The van der Waals surface area contributed by atoms with Crippen molar-refractivity contribution in [1.82, 2.24) is 70.8 Å². The van der Waals surface area contributed by atoms with Crippen LogP contribution < -0.4 is 0 Å². The van der Waals surface area contributed by atoms with E-state index in [2.05, 4.69) is 133 Å². The Kier molecular flexibility index (Phi) is 20.8. The molecule has 0 aliphatic carbocycles. The Labute approximate surface area is 853 Å². The molecule has 708 valence electrons. The summed E-state index contributed by atoms with van der Waals surface area (Å²) in [7, 11) is 0. The van der Waals surface area contributed by atoms with E-state index >= 15 is 0 Å². The van der Waals surface area contributed by atoms with Gasteiger partial charge in [-0.2, -0.15) is 89.9 Å². The summed E-state index contributed by atoms with van der Waals surface area (Å²) >= 11 is 0. The Bertz CT molecular complexity index is 8450. The normalized spacial score (nSPS) is 15.1. The maximum atomic E-state index is 5.21. The molecule has 0 unspecified atom stereocenters. The summed E-state index contributed by atoms with van der Waals surface area (Å²) < 4.78 is 18.5. The largest absolute Gasteiger partial charge is 0.314 e. The van der Waals surface area contributed by atoms with Crippen LogP contribution in [0, 0.1) is 0 Å². The van der Waals surface area contributed by atoms with E-state index in [4.69, 9.17) is 89.9 Å². The van der Waals surface area contributed by atoms with E-state index in [-0.39, 0.29) is 0 Å². The number of aliphatic imine (C=N–C) groups is 18. The summed E-state index contributed by atoms with van der Waals surface area (Å²) in [6.45, 7) is 0. The van der Waals surface area contributed by atoms with Crippen LogP contribution in [0.5, 0.6) is 0 Å². The topological polar surface area (TPSA) is 315 Å². The lowest BCUT2D eigenvalue weighted by molar-refractivity contribution is 0.820. The van der Waals surface area contributed by atoms with E-state index in [0.717, 1.165) is 118 Å². The maximum Gasteiger partial charge on any atom is 0.243 e. The van der Waals surface area contributed by atoms with Crippen molar-refractivity contribution in [2.24, 2.45) is 89.9 Å². The zero-order chi connectivity index (χ0) is 99.1. The van der Waals surface area contributed by atoms with E-state index in [0.29, 0.717) is 124 Å². The van der Waals surface area contributed by atoms with Gasteiger partial charge in [0.2, 0.25) is 71.1 Å². The van der Waals surface area contributed by atoms with Crippen LogP contribution in [0.1, 0.15) is 51.6 Å². The third-order valence-electron chi connectivity index (χ3n) is 26.0. The average molecular weight is 1940 g/mol. The number of amidine groups is 9. The Morgan fingerprint density at radius 3 is 0.560 bits per heavy atom. The molecule has 0 atom stereocenters. The second-order valence-electron chi connectivity index (χ2n) is 35.1. The first-order chi connectivity index (χ1) is 74.3. The Balaban J connectivity index is 0.000000109. The molecule has 0 fully saturated rings. The second-order valence-corrected chi connectivity index (χ2v) is 35.1. The molecule has 0 saturated heterocycles. The van der Waals surface area contributed by atoms with Gasteiger partial charge in [-0.1, -0.05) is 218 Å². The van der Waals surface area contributed by atoms with Gasteiger partial charge in [-0.05, 0) is 182 Å². The van der Waals surface area contributed by atoms with Gasteiger partial charge in [-0.25, -0.2) is 29.7 Å². The van der Waals surface area contributed by atoms with Gasteiger partial charge in [0.1, 0.15) is 0 Å². The van der Waals surface area contributed by atoms with Gasteiger partial charge >= 0.3 is 0 Å². The molecule has 0 saturated carbocycles. The molecular weight excluding hydrogens is 1870 g/mol. The molecule has 0 N–H and O–H groups in total. The predicted octanol–water partition coefficient (Wildman–Crippen LogP) is 20.0. The highest BCUT2D eigenvalue weighted by Gasteiger charge is 2.43. The van der Waals surface area contributed by atoms with Crippen molar-refractivity contribution in [3.63, 3.8) is 0 Å². The summed E-state index contributed by atoms with van der Waals surface area (Å²) in [5, 5.41) is 3.19. The third-order valence-corrected chi connectivity index (χ3v) is 26.0. The summed E-state index contributed by atoms with van der Waals surface area (Å²) in [4.78, 5) is 109. The smallest absolute Gasteiger partial charge is 0.243 e. The number of hydrogen-bond donors (Lipinski definition) is 0. The highest BCUT2D eigenvalue weighted by atomic mass is 15.5. The van der Waals surface area contributed by atoms with Crippen molar-refractivity contribution in [2.75, 3.05) is 0 Å². The van der Waals surface area contributed by atoms with E-state index in [1.54, 1.807) is 33.3 Å². The van der Waals surface area contributed by atoms with Gasteiger partial charge in [0.15, 0.2) is 52.5 Å². The molecule has 0 bridgehead atoms. The number of aromatic nitrogens is 12. The van der Waals surface area contributed by atoms with Crippen molar-refractivity contribution in [3.05, 3.63) is 508 Å². The van der Waals surface area contributed by atoms with Crippen LogP contribution >= 0.6 is 0 Å². The molecule has 12 aromatic carbocycles. The van der Waals surface area contributed by atoms with E-state index < -0.39 is 0 Å². The number of fused-ring (bicyclic) bond motifs is 3. The van der Waals surface area contributed by atoms with Gasteiger partial charge in [-0.15, -0.1) is 0 Å².